The molecule has 0 radical (unpaired) electrons. The van der Waals surface area contributed by atoms with Crippen molar-refractivity contribution in [3.8, 4) is 0 Å². The smallest absolute Gasteiger partial charge is 0.270 e. The van der Waals surface area contributed by atoms with E-state index in [0.717, 1.165) is 19.3 Å². The first-order chi connectivity index (χ1) is 13.2. The van der Waals surface area contributed by atoms with Crippen LogP contribution in [0.25, 0.3) is 0 Å². The fraction of sp³-hybridized carbons (Fsp3) is 0.600. The third kappa shape index (κ3) is 3.68. The van der Waals surface area contributed by atoms with Crippen molar-refractivity contribution in [3.63, 3.8) is 0 Å². The Morgan fingerprint density at radius 3 is 2.71 bits per heavy atom. The minimum atomic E-state index is -0.729. The van der Waals surface area contributed by atoms with E-state index in [2.05, 4.69) is 24.1 Å². The van der Waals surface area contributed by atoms with Crippen molar-refractivity contribution in [3.05, 3.63) is 34.2 Å². The molecule has 8 heteroatoms. The van der Waals surface area contributed by atoms with E-state index in [1.165, 1.54) is 6.07 Å². The minimum absolute atomic E-state index is 0.0484. The predicted molar refractivity (Wildman–Crippen MR) is 103 cm³/mol. The van der Waals surface area contributed by atoms with E-state index in [1.54, 1.807) is 17.0 Å². The third-order valence-electron chi connectivity index (χ3n) is 6.02. The molecule has 0 aromatic carbocycles. The third-order valence-corrected chi connectivity index (χ3v) is 6.02. The van der Waals surface area contributed by atoms with Gasteiger partial charge in [0, 0.05) is 18.2 Å². The normalized spacial score (nSPS) is 25.9. The maximum Gasteiger partial charge on any atom is 0.270 e. The zero-order valence-corrected chi connectivity index (χ0v) is 16.4. The molecule has 3 atom stereocenters. The first kappa shape index (κ1) is 20.1. The number of pyridine rings is 1. The van der Waals surface area contributed by atoms with Crippen LogP contribution in [0.2, 0.25) is 0 Å². The molecule has 0 unspecified atom stereocenters. The lowest BCUT2D eigenvalue weighted by Crippen LogP contribution is -2.51. The van der Waals surface area contributed by atoms with Gasteiger partial charge >= 0.3 is 0 Å². The van der Waals surface area contributed by atoms with Crippen LogP contribution in [-0.2, 0) is 9.59 Å². The van der Waals surface area contributed by atoms with Gasteiger partial charge in [0.15, 0.2) is 0 Å². The van der Waals surface area contributed by atoms with Crippen LogP contribution in [0, 0.1) is 11.3 Å². The molecule has 0 saturated carbocycles. The van der Waals surface area contributed by atoms with Crippen molar-refractivity contribution in [1.82, 2.24) is 15.2 Å². The van der Waals surface area contributed by atoms with Gasteiger partial charge in [-0.2, -0.15) is 0 Å². The summed E-state index contributed by atoms with van der Waals surface area (Å²) in [4.78, 5) is 53.4. The van der Waals surface area contributed by atoms with E-state index in [0.29, 0.717) is 18.8 Å². The molecule has 2 saturated heterocycles. The second-order valence-corrected chi connectivity index (χ2v) is 8.33. The topological polar surface area (TPSA) is 125 Å². The zero-order chi connectivity index (χ0) is 20.5. The molecule has 28 heavy (non-hydrogen) atoms. The van der Waals surface area contributed by atoms with Crippen LogP contribution in [0.4, 0.5) is 0 Å². The van der Waals surface area contributed by atoms with Crippen molar-refractivity contribution >= 4 is 17.7 Å². The highest BCUT2D eigenvalue weighted by atomic mass is 16.2. The lowest BCUT2D eigenvalue weighted by atomic mass is 9.69. The monoisotopic (exact) mass is 388 g/mol. The fourth-order valence-electron chi connectivity index (χ4n) is 4.72. The molecule has 2 bridgehead atoms. The summed E-state index contributed by atoms with van der Waals surface area (Å²) in [6.07, 6.45) is 3.62. The number of hydrogen-bond acceptors (Lipinski definition) is 4. The average Bonchev–Trinajstić information content (AvgIpc) is 3.20. The van der Waals surface area contributed by atoms with Crippen LogP contribution in [0.3, 0.4) is 0 Å². The summed E-state index contributed by atoms with van der Waals surface area (Å²) in [6, 6.07) is 4.20. The SMILES string of the molecule is CC(C)CC[C@]1(C(=O)NCC(N)=O)C[C@H]2CC[C@@H]1N2C(=O)c1cccc(=O)[nH]1. The first-order valence-electron chi connectivity index (χ1n) is 9.83. The molecule has 3 heterocycles. The second-order valence-electron chi connectivity index (χ2n) is 8.33. The molecule has 3 amide bonds. The quantitative estimate of drug-likeness (QED) is 0.638. The Morgan fingerprint density at radius 2 is 2.07 bits per heavy atom. The van der Waals surface area contributed by atoms with Gasteiger partial charge in [-0.25, -0.2) is 0 Å². The summed E-state index contributed by atoms with van der Waals surface area (Å²) in [7, 11) is 0. The Hall–Kier alpha value is -2.64. The van der Waals surface area contributed by atoms with E-state index in [4.69, 9.17) is 5.73 Å². The van der Waals surface area contributed by atoms with Gasteiger partial charge in [-0.1, -0.05) is 19.9 Å². The summed E-state index contributed by atoms with van der Waals surface area (Å²) >= 11 is 0. The van der Waals surface area contributed by atoms with Crippen LogP contribution >= 0.6 is 0 Å². The van der Waals surface area contributed by atoms with E-state index < -0.39 is 11.3 Å². The van der Waals surface area contributed by atoms with E-state index in [9.17, 15) is 19.2 Å². The number of nitrogens with zero attached hydrogens (tertiary/aromatic N) is 1. The molecule has 3 rings (SSSR count). The summed E-state index contributed by atoms with van der Waals surface area (Å²) in [5, 5.41) is 2.67. The van der Waals surface area contributed by atoms with Gasteiger partial charge in [0.1, 0.15) is 5.69 Å². The maximum absolute atomic E-state index is 13.1. The summed E-state index contributed by atoms with van der Waals surface area (Å²) in [6.45, 7) is 3.99. The molecule has 2 fully saturated rings. The van der Waals surface area contributed by atoms with Crippen LogP contribution in [0.5, 0.6) is 0 Å². The van der Waals surface area contributed by atoms with Crippen molar-refractivity contribution in [1.29, 1.82) is 0 Å². The molecule has 4 N–H and O–H groups in total. The molecule has 1 aromatic heterocycles. The molecule has 2 aliphatic rings. The van der Waals surface area contributed by atoms with Crippen molar-refractivity contribution in [2.45, 2.75) is 58.0 Å². The molecule has 8 nitrogen and oxygen atoms in total. The summed E-state index contributed by atoms with van der Waals surface area (Å²) in [5.74, 6) is -0.641. The van der Waals surface area contributed by atoms with Crippen molar-refractivity contribution in [2.75, 3.05) is 6.54 Å². The number of amides is 3. The predicted octanol–water partition coefficient (Wildman–Crippen LogP) is 0.776. The summed E-state index contributed by atoms with van der Waals surface area (Å²) in [5.41, 5.74) is 4.37. The lowest BCUT2D eigenvalue weighted by molar-refractivity contribution is -0.135. The summed E-state index contributed by atoms with van der Waals surface area (Å²) < 4.78 is 0. The van der Waals surface area contributed by atoms with Crippen LogP contribution in [0.15, 0.2) is 23.0 Å². The fourth-order valence-corrected chi connectivity index (χ4v) is 4.72. The molecule has 0 spiro atoms. The number of hydrogen-bond donors (Lipinski definition) is 3. The van der Waals surface area contributed by atoms with E-state index in [1.807, 2.05) is 0 Å². The van der Waals surface area contributed by atoms with Gasteiger partial charge in [0.2, 0.25) is 17.4 Å². The number of primary amides is 1. The van der Waals surface area contributed by atoms with Gasteiger partial charge in [-0.15, -0.1) is 0 Å². The number of H-pyrrole nitrogens is 1. The number of nitrogens with one attached hydrogen (secondary N) is 2. The van der Waals surface area contributed by atoms with Crippen LogP contribution in [-0.4, -0.2) is 46.2 Å². The van der Waals surface area contributed by atoms with Gasteiger partial charge in [0.25, 0.3) is 5.91 Å². The standard InChI is InChI=1S/C20H28N4O4/c1-12(2)8-9-20(19(28)22-11-16(21)25)10-13-6-7-15(20)24(13)18(27)14-4-3-5-17(26)23-14/h3-5,12-13,15H,6-11H2,1-2H3,(H2,21,25)(H,22,28)(H,23,26)/t13-,15+,20+/m1/s1. The average molecular weight is 388 g/mol. The number of aromatic nitrogens is 1. The van der Waals surface area contributed by atoms with E-state index in [-0.39, 0.29) is 41.7 Å². The highest BCUT2D eigenvalue weighted by molar-refractivity contribution is 5.95. The highest BCUT2D eigenvalue weighted by Gasteiger charge is 2.60. The van der Waals surface area contributed by atoms with Crippen molar-refractivity contribution < 1.29 is 14.4 Å². The van der Waals surface area contributed by atoms with E-state index >= 15 is 0 Å². The molecule has 1 aromatic rings. The number of nitrogens with two attached hydrogens (primary N) is 1. The van der Waals surface area contributed by atoms with Gasteiger partial charge in [-0.3, -0.25) is 19.2 Å². The highest BCUT2D eigenvalue weighted by Crippen LogP contribution is 2.53. The lowest BCUT2D eigenvalue weighted by Gasteiger charge is -2.36. The van der Waals surface area contributed by atoms with Gasteiger partial charge in [0.05, 0.1) is 12.0 Å². The number of rotatable bonds is 7. The van der Waals surface area contributed by atoms with Crippen LogP contribution in [0.1, 0.15) is 56.4 Å². The van der Waals surface area contributed by atoms with Gasteiger partial charge in [-0.05, 0) is 44.1 Å². The van der Waals surface area contributed by atoms with Crippen molar-refractivity contribution in [2.24, 2.45) is 17.1 Å². The molecule has 152 valence electrons. The molecular weight excluding hydrogens is 360 g/mol. The second kappa shape index (κ2) is 7.77. The minimum Gasteiger partial charge on any atom is -0.368 e. The van der Waals surface area contributed by atoms with Crippen LogP contribution < -0.4 is 16.6 Å². The molecule has 2 aliphatic heterocycles. The Bertz CT molecular complexity index is 833. The number of carbonyl (C=O) groups is 3. The maximum atomic E-state index is 13.1. The number of fused-ring (bicyclic) bond motifs is 2. The number of aromatic amines is 1. The molecule has 0 aliphatic carbocycles. The molecular formula is C20H28N4O4. The Balaban J connectivity index is 1.89. The number of carbonyl (C=O) groups excluding carboxylic acids is 3. The largest absolute Gasteiger partial charge is 0.368 e. The zero-order valence-electron chi connectivity index (χ0n) is 16.4. The van der Waals surface area contributed by atoms with Gasteiger partial charge < -0.3 is 20.9 Å². The Morgan fingerprint density at radius 1 is 1.32 bits per heavy atom. The Labute approximate surface area is 163 Å². The first-order valence-corrected chi connectivity index (χ1v) is 9.83. The Kier molecular flexibility index (Phi) is 5.58.